The van der Waals surface area contributed by atoms with Gasteiger partial charge in [0.15, 0.2) is 10.9 Å². The van der Waals surface area contributed by atoms with E-state index in [2.05, 4.69) is 15.5 Å². The van der Waals surface area contributed by atoms with E-state index in [0.717, 1.165) is 4.34 Å². The maximum absolute atomic E-state index is 11.6. The zero-order chi connectivity index (χ0) is 12.8. The van der Waals surface area contributed by atoms with Crippen molar-refractivity contribution in [1.29, 1.82) is 0 Å². The minimum absolute atomic E-state index is 0.0435. The predicted octanol–water partition coefficient (Wildman–Crippen LogP) is 2.28. The maximum Gasteiger partial charge on any atom is 0.264 e. The van der Waals surface area contributed by atoms with Gasteiger partial charge in [-0.3, -0.25) is 10.1 Å². The number of anilines is 1. The molecule has 18 heavy (non-hydrogen) atoms. The van der Waals surface area contributed by atoms with Crippen molar-refractivity contribution in [2.75, 3.05) is 18.2 Å². The molecule has 0 aliphatic heterocycles. The van der Waals surface area contributed by atoms with E-state index < -0.39 is 0 Å². The quantitative estimate of drug-likeness (QED) is 0.673. The second kappa shape index (κ2) is 6.36. The summed E-state index contributed by atoms with van der Waals surface area (Å²) in [6.45, 7) is -0.0435. The molecule has 1 amide bonds. The first-order valence-electron chi connectivity index (χ1n) is 5.13. The molecule has 7 heteroatoms. The van der Waals surface area contributed by atoms with Gasteiger partial charge in [-0.2, -0.15) is 0 Å². The molecule has 0 unspecified atom stereocenters. The van der Waals surface area contributed by atoms with Crippen molar-refractivity contribution in [3.63, 3.8) is 0 Å². The van der Waals surface area contributed by atoms with E-state index >= 15 is 0 Å². The summed E-state index contributed by atoms with van der Waals surface area (Å²) in [5.74, 6) is 0.414. The molecule has 0 aliphatic rings. The summed E-state index contributed by atoms with van der Waals surface area (Å²) in [5, 5.41) is 10.8. The van der Waals surface area contributed by atoms with Gasteiger partial charge in [0, 0.05) is 0 Å². The molecular weight excluding hydrogens is 270 g/mol. The summed E-state index contributed by atoms with van der Waals surface area (Å²) in [6, 6.07) is 9.18. The van der Waals surface area contributed by atoms with Gasteiger partial charge in [-0.1, -0.05) is 41.3 Å². The number of nitrogens with one attached hydrogen (secondary N) is 1. The van der Waals surface area contributed by atoms with Gasteiger partial charge in [0.25, 0.3) is 5.91 Å². The molecule has 0 spiro atoms. The summed E-state index contributed by atoms with van der Waals surface area (Å²) in [7, 11) is 0. The van der Waals surface area contributed by atoms with Crippen molar-refractivity contribution in [1.82, 2.24) is 10.2 Å². The van der Waals surface area contributed by atoms with Crippen LogP contribution in [0.1, 0.15) is 0 Å². The molecule has 0 atom stereocenters. The van der Waals surface area contributed by atoms with E-state index in [1.807, 2.05) is 24.5 Å². The van der Waals surface area contributed by atoms with Gasteiger partial charge in [0.2, 0.25) is 5.13 Å². The Morgan fingerprint density at radius 1 is 1.39 bits per heavy atom. The van der Waals surface area contributed by atoms with Gasteiger partial charge >= 0.3 is 0 Å². The average molecular weight is 281 g/mol. The van der Waals surface area contributed by atoms with Crippen LogP contribution in [0.15, 0.2) is 34.7 Å². The predicted molar refractivity (Wildman–Crippen MR) is 72.3 cm³/mol. The first-order valence-corrected chi connectivity index (χ1v) is 7.17. The van der Waals surface area contributed by atoms with Gasteiger partial charge in [0.05, 0.1) is 0 Å². The zero-order valence-electron chi connectivity index (χ0n) is 9.62. The molecule has 1 aromatic carbocycles. The fraction of sp³-hybridized carbons (Fsp3) is 0.182. The molecule has 0 radical (unpaired) electrons. The number of rotatable bonds is 5. The number of thioether (sulfide) groups is 1. The van der Waals surface area contributed by atoms with Crippen LogP contribution in [0.2, 0.25) is 0 Å². The number of ether oxygens (including phenoxy) is 1. The highest BCUT2D eigenvalue weighted by atomic mass is 32.2. The highest BCUT2D eigenvalue weighted by Crippen LogP contribution is 2.22. The first-order chi connectivity index (χ1) is 8.78. The van der Waals surface area contributed by atoms with Crippen LogP contribution < -0.4 is 10.1 Å². The van der Waals surface area contributed by atoms with Crippen LogP contribution in [-0.4, -0.2) is 29.0 Å². The van der Waals surface area contributed by atoms with E-state index in [0.29, 0.717) is 10.9 Å². The van der Waals surface area contributed by atoms with Crippen molar-refractivity contribution >= 4 is 34.1 Å². The molecule has 1 aromatic heterocycles. The highest BCUT2D eigenvalue weighted by molar-refractivity contribution is 8.00. The first kappa shape index (κ1) is 12.8. The monoisotopic (exact) mass is 281 g/mol. The van der Waals surface area contributed by atoms with Crippen molar-refractivity contribution in [2.45, 2.75) is 4.34 Å². The van der Waals surface area contributed by atoms with Crippen LogP contribution in [0.3, 0.4) is 0 Å². The molecule has 1 heterocycles. The topological polar surface area (TPSA) is 64.1 Å². The second-order valence-corrected chi connectivity index (χ2v) is 5.26. The standard InChI is InChI=1S/C11H11N3O2S2/c1-17-11-14-13-10(18-11)12-9(15)7-16-8-5-3-2-4-6-8/h2-6H,7H2,1H3,(H,12,13,15). The van der Waals surface area contributed by atoms with Crippen LogP contribution in [0.4, 0.5) is 5.13 Å². The average Bonchev–Trinajstić information content (AvgIpc) is 2.85. The van der Waals surface area contributed by atoms with Crippen LogP contribution in [0, 0.1) is 0 Å². The summed E-state index contributed by atoms with van der Waals surface area (Å²) in [6.07, 6.45) is 1.91. The number of hydrogen-bond acceptors (Lipinski definition) is 6. The lowest BCUT2D eigenvalue weighted by molar-refractivity contribution is -0.118. The number of amides is 1. The van der Waals surface area contributed by atoms with E-state index in [4.69, 9.17) is 4.74 Å². The van der Waals surface area contributed by atoms with Crippen LogP contribution >= 0.6 is 23.1 Å². The third-order valence-corrected chi connectivity index (χ3v) is 3.75. The Kier molecular flexibility index (Phi) is 4.54. The summed E-state index contributed by atoms with van der Waals surface area (Å²) in [4.78, 5) is 11.6. The minimum Gasteiger partial charge on any atom is -0.484 e. The molecule has 2 aromatic rings. The molecule has 0 fully saturated rings. The van der Waals surface area contributed by atoms with Gasteiger partial charge in [0.1, 0.15) is 5.75 Å². The number of carbonyl (C=O) groups excluding carboxylic acids is 1. The normalized spacial score (nSPS) is 10.1. The SMILES string of the molecule is CSc1nnc(NC(=O)COc2ccccc2)s1. The Bertz CT molecular complexity index is 516. The van der Waals surface area contributed by atoms with E-state index in [1.165, 1.54) is 23.1 Å². The lowest BCUT2D eigenvalue weighted by atomic mass is 10.3. The number of nitrogens with zero attached hydrogens (tertiary/aromatic N) is 2. The lowest BCUT2D eigenvalue weighted by Gasteiger charge is -2.04. The molecule has 94 valence electrons. The van der Waals surface area contributed by atoms with Crippen molar-refractivity contribution in [3.05, 3.63) is 30.3 Å². The molecule has 5 nitrogen and oxygen atoms in total. The highest BCUT2D eigenvalue weighted by Gasteiger charge is 2.08. The molecule has 2 rings (SSSR count). The Balaban J connectivity index is 1.82. The fourth-order valence-corrected chi connectivity index (χ4v) is 2.35. The largest absolute Gasteiger partial charge is 0.484 e. The Morgan fingerprint density at radius 3 is 2.83 bits per heavy atom. The van der Waals surface area contributed by atoms with E-state index in [1.54, 1.807) is 12.1 Å². The van der Waals surface area contributed by atoms with Gasteiger partial charge in [-0.15, -0.1) is 10.2 Å². The van der Waals surface area contributed by atoms with Crippen molar-refractivity contribution < 1.29 is 9.53 Å². The zero-order valence-corrected chi connectivity index (χ0v) is 11.3. The lowest BCUT2D eigenvalue weighted by Crippen LogP contribution is -2.20. The van der Waals surface area contributed by atoms with Crippen LogP contribution in [-0.2, 0) is 4.79 Å². The molecular formula is C11H11N3O2S2. The molecule has 0 bridgehead atoms. The van der Waals surface area contributed by atoms with E-state index in [-0.39, 0.29) is 12.5 Å². The number of para-hydroxylation sites is 1. The molecule has 0 saturated heterocycles. The minimum atomic E-state index is -0.248. The van der Waals surface area contributed by atoms with E-state index in [9.17, 15) is 4.79 Å². The summed E-state index contributed by atoms with van der Waals surface area (Å²) in [5.41, 5.74) is 0. The van der Waals surface area contributed by atoms with Gasteiger partial charge in [-0.05, 0) is 18.4 Å². The summed E-state index contributed by atoms with van der Waals surface area (Å²) >= 11 is 2.83. The number of aromatic nitrogens is 2. The smallest absolute Gasteiger partial charge is 0.264 e. The van der Waals surface area contributed by atoms with Crippen molar-refractivity contribution in [3.8, 4) is 5.75 Å². The number of hydrogen-bond donors (Lipinski definition) is 1. The fourth-order valence-electron chi connectivity index (χ4n) is 1.16. The molecule has 1 N–H and O–H groups in total. The maximum atomic E-state index is 11.6. The third kappa shape index (κ3) is 3.71. The Morgan fingerprint density at radius 2 is 2.17 bits per heavy atom. The second-order valence-electron chi connectivity index (χ2n) is 3.23. The van der Waals surface area contributed by atoms with Crippen LogP contribution in [0.25, 0.3) is 0 Å². The summed E-state index contributed by atoms with van der Waals surface area (Å²) < 4.78 is 6.13. The molecule has 0 aliphatic carbocycles. The van der Waals surface area contributed by atoms with Crippen molar-refractivity contribution in [2.24, 2.45) is 0 Å². The van der Waals surface area contributed by atoms with Crippen LogP contribution in [0.5, 0.6) is 5.75 Å². The number of carbonyl (C=O) groups is 1. The Hall–Kier alpha value is -1.60. The molecule has 0 saturated carbocycles. The Labute approximate surface area is 113 Å². The number of benzene rings is 1. The van der Waals surface area contributed by atoms with Gasteiger partial charge in [-0.25, -0.2) is 0 Å². The van der Waals surface area contributed by atoms with Gasteiger partial charge < -0.3 is 4.74 Å². The third-order valence-electron chi connectivity index (χ3n) is 1.94.